The van der Waals surface area contributed by atoms with E-state index in [2.05, 4.69) is 45.9 Å². The molecule has 0 fully saturated rings. The Bertz CT molecular complexity index is 400. The molecule has 0 bridgehead atoms. The normalized spacial score (nSPS) is 11.5. The third kappa shape index (κ3) is 4.22. The first-order valence-corrected chi connectivity index (χ1v) is 6.12. The van der Waals surface area contributed by atoms with Gasteiger partial charge in [0, 0.05) is 6.42 Å². The Morgan fingerprint density at radius 2 is 1.94 bits per heavy atom. The molecular formula is C15H22O2. The number of hydrogen-bond acceptors (Lipinski definition) is 1. The van der Waals surface area contributed by atoms with E-state index in [4.69, 9.17) is 5.11 Å². The maximum absolute atomic E-state index is 10.5. The van der Waals surface area contributed by atoms with Gasteiger partial charge in [-0.1, -0.05) is 39.0 Å². The van der Waals surface area contributed by atoms with Gasteiger partial charge in [-0.3, -0.25) is 4.79 Å². The second kappa shape index (κ2) is 5.35. The summed E-state index contributed by atoms with van der Waals surface area (Å²) in [6.45, 7) is 8.70. The van der Waals surface area contributed by atoms with E-state index >= 15 is 0 Å². The molecular weight excluding hydrogens is 212 g/mol. The Morgan fingerprint density at radius 1 is 1.29 bits per heavy atom. The minimum atomic E-state index is -0.714. The van der Waals surface area contributed by atoms with Crippen molar-refractivity contribution in [2.45, 2.75) is 52.4 Å². The van der Waals surface area contributed by atoms with E-state index in [1.807, 2.05) is 0 Å². The lowest BCUT2D eigenvalue weighted by Crippen LogP contribution is -2.11. The number of carboxylic acids is 1. The van der Waals surface area contributed by atoms with Crippen LogP contribution in [0, 0.1) is 6.92 Å². The Labute approximate surface area is 104 Å². The van der Waals surface area contributed by atoms with Crippen LogP contribution < -0.4 is 0 Å². The zero-order valence-electron chi connectivity index (χ0n) is 11.2. The van der Waals surface area contributed by atoms with E-state index in [0.29, 0.717) is 6.42 Å². The van der Waals surface area contributed by atoms with Gasteiger partial charge >= 0.3 is 5.97 Å². The number of hydrogen-bond donors (Lipinski definition) is 1. The van der Waals surface area contributed by atoms with Crippen LogP contribution in [0.5, 0.6) is 0 Å². The molecule has 17 heavy (non-hydrogen) atoms. The fraction of sp³-hybridized carbons (Fsp3) is 0.533. The fourth-order valence-corrected chi connectivity index (χ4v) is 1.87. The van der Waals surface area contributed by atoms with Crippen LogP contribution in [-0.4, -0.2) is 11.1 Å². The molecule has 0 spiro atoms. The number of aliphatic carboxylic acids is 1. The van der Waals surface area contributed by atoms with Gasteiger partial charge in [-0.15, -0.1) is 0 Å². The lowest BCUT2D eigenvalue weighted by molar-refractivity contribution is -0.137. The average molecular weight is 234 g/mol. The summed E-state index contributed by atoms with van der Waals surface area (Å²) >= 11 is 0. The molecule has 0 aliphatic carbocycles. The van der Waals surface area contributed by atoms with Crippen LogP contribution in [0.2, 0.25) is 0 Å². The summed E-state index contributed by atoms with van der Waals surface area (Å²) in [5.74, 6) is -0.714. The number of rotatable bonds is 4. The predicted octanol–water partition coefficient (Wildman–Crippen LogP) is 3.70. The SMILES string of the molecule is Cc1cc(C(C)(C)C)ccc1CCCC(=O)O. The molecule has 1 aromatic rings. The number of aryl methyl sites for hydroxylation is 2. The van der Waals surface area contributed by atoms with Gasteiger partial charge < -0.3 is 5.11 Å². The number of benzene rings is 1. The van der Waals surface area contributed by atoms with Gasteiger partial charge in [0.15, 0.2) is 0 Å². The molecule has 0 radical (unpaired) electrons. The summed E-state index contributed by atoms with van der Waals surface area (Å²) in [5, 5.41) is 8.61. The van der Waals surface area contributed by atoms with Crippen molar-refractivity contribution >= 4 is 5.97 Å². The lowest BCUT2D eigenvalue weighted by Gasteiger charge is -2.20. The molecule has 2 nitrogen and oxygen atoms in total. The molecule has 94 valence electrons. The second-order valence-electron chi connectivity index (χ2n) is 5.64. The van der Waals surface area contributed by atoms with Gasteiger partial charge in [0.2, 0.25) is 0 Å². The number of carbonyl (C=O) groups is 1. The highest BCUT2D eigenvalue weighted by atomic mass is 16.4. The second-order valence-corrected chi connectivity index (χ2v) is 5.64. The molecule has 0 aliphatic rings. The Hall–Kier alpha value is -1.31. The molecule has 0 unspecified atom stereocenters. The van der Waals surface area contributed by atoms with Gasteiger partial charge in [-0.05, 0) is 41.9 Å². The van der Waals surface area contributed by atoms with E-state index in [1.165, 1.54) is 16.7 Å². The van der Waals surface area contributed by atoms with Crippen molar-refractivity contribution in [2.75, 3.05) is 0 Å². The molecule has 1 rings (SSSR count). The Balaban J connectivity index is 2.73. The van der Waals surface area contributed by atoms with Crippen molar-refractivity contribution in [3.05, 3.63) is 34.9 Å². The maximum Gasteiger partial charge on any atom is 0.303 e. The number of carboxylic acid groups (broad SMARTS) is 1. The van der Waals surface area contributed by atoms with Crippen molar-refractivity contribution in [1.29, 1.82) is 0 Å². The summed E-state index contributed by atoms with van der Waals surface area (Å²) in [6, 6.07) is 6.51. The molecule has 1 N–H and O–H groups in total. The fourth-order valence-electron chi connectivity index (χ4n) is 1.87. The first-order valence-electron chi connectivity index (χ1n) is 6.12. The van der Waals surface area contributed by atoms with E-state index in [-0.39, 0.29) is 11.8 Å². The summed E-state index contributed by atoms with van der Waals surface area (Å²) in [5.41, 5.74) is 4.03. The highest BCUT2D eigenvalue weighted by Gasteiger charge is 2.14. The smallest absolute Gasteiger partial charge is 0.303 e. The van der Waals surface area contributed by atoms with Gasteiger partial charge in [0.05, 0.1) is 0 Å². The van der Waals surface area contributed by atoms with E-state index in [9.17, 15) is 4.79 Å². The van der Waals surface area contributed by atoms with E-state index in [0.717, 1.165) is 6.42 Å². The summed E-state index contributed by atoms with van der Waals surface area (Å²) in [6.07, 6.45) is 1.81. The first-order chi connectivity index (χ1) is 7.80. The van der Waals surface area contributed by atoms with Crippen LogP contribution in [-0.2, 0) is 16.6 Å². The summed E-state index contributed by atoms with van der Waals surface area (Å²) < 4.78 is 0. The van der Waals surface area contributed by atoms with E-state index in [1.54, 1.807) is 0 Å². The van der Waals surface area contributed by atoms with Crippen LogP contribution in [0.25, 0.3) is 0 Å². The molecule has 2 heteroatoms. The third-order valence-corrected chi connectivity index (χ3v) is 3.05. The van der Waals surface area contributed by atoms with Crippen molar-refractivity contribution < 1.29 is 9.90 Å². The van der Waals surface area contributed by atoms with Crippen LogP contribution in [0.1, 0.15) is 50.3 Å². The van der Waals surface area contributed by atoms with Crippen LogP contribution in [0.3, 0.4) is 0 Å². The summed E-state index contributed by atoms with van der Waals surface area (Å²) in [7, 11) is 0. The zero-order chi connectivity index (χ0) is 13.1. The van der Waals surface area contributed by atoms with Crippen molar-refractivity contribution in [3.8, 4) is 0 Å². The van der Waals surface area contributed by atoms with Gasteiger partial charge in [0.25, 0.3) is 0 Å². The predicted molar refractivity (Wildman–Crippen MR) is 70.5 cm³/mol. The lowest BCUT2D eigenvalue weighted by atomic mass is 9.85. The maximum atomic E-state index is 10.5. The highest BCUT2D eigenvalue weighted by molar-refractivity contribution is 5.66. The Morgan fingerprint density at radius 3 is 2.41 bits per heavy atom. The molecule has 0 atom stereocenters. The molecule has 0 saturated carbocycles. The molecule has 0 heterocycles. The quantitative estimate of drug-likeness (QED) is 0.862. The minimum absolute atomic E-state index is 0.171. The molecule has 0 aromatic heterocycles. The van der Waals surface area contributed by atoms with Crippen molar-refractivity contribution in [1.82, 2.24) is 0 Å². The van der Waals surface area contributed by atoms with E-state index < -0.39 is 5.97 Å². The average Bonchev–Trinajstić information content (AvgIpc) is 2.18. The summed E-state index contributed by atoms with van der Waals surface area (Å²) in [4.78, 5) is 10.5. The van der Waals surface area contributed by atoms with Crippen LogP contribution in [0.4, 0.5) is 0 Å². The zero-order valence-corrected chi connectivity index (χ0v) is 11.2. The molecule has 1 aromatic carbocycles. The minimum Gasteiger partial charge on any atom is -0.481 e. The topological polar surface area (TPSA) is 37.3 Å². The van der Waals surface area contributed by atoms with Crippen molar-refractivity contribution in [2.24, 2.45) is 0 Å². The molecule has 0 aliphatic heterocycles. The monoisotopic (exact) mass is 234 g/mol. The molecule has 0 amide bonds. The van der Waals surface area contributed by atoms with Crippen molar-refractivity contribution in [3.63, 3.8) is 0 Å². The van der Waals surface area contributed by atoms with Gasteiger partial charge in [-0.25, -0.2) is 0 Å². The van der Waals surface area contributed by atoms with Crippen LogP contribution >= 0.6 is 0 Å². The standard InChI is InChI=1S/C15H22O2/c1-11-10-13(15(2,3)4)9-8-12(11)6-5-7-14(16)17/h8-10H,5-7H2,1-4H3,(H,16,17). The third-order valence-electron chi connectivity index (χ3n) is 3.05. The molecule has 0 saturated heterocycles. The van der Waals surface area contributed by atoms with Crippen LogP contribution in [0.15, 0.2) is 18.2 Å². The van der Waals surface area contributed by atoms with Gasteiger partial charge in [-0.2, -0.15) is 0 Å². The first kappa shape index (κ1) is 13.8. The Kier molecular flexibility index (Phi) is 4.33. The highest BCUT2D eigenvalue weighted by Crippen LogP contribution is 2.24. The largest absolute Gasteiger partial charge is 0.481 e. The van der Waals surface area contributed by atoms with Gasteiger partial charge in [0.1, 0.15) is 0 Å².